The first-order valence-corrected chi connectivity index (χ1v) is 10.3. The van der Waals surface area contributed by atoms with Crippen molar-refractivity contribution in [3.05, 3.63) is 53.0 Å². The number of carbonyl (C=O) groups is 2. The minimum absolute atomic E-state index is 0.210. The fourth-order valence-corrected chi connectivity index (χ4v) is 4.20. The van der Waals surface area contributed by atoms with Gasteiger partial charge in [0, 0.05) is 12.2 Å². The lowest BCUT2D eigenvalue weighted by molar-refractivity contribution is -0.117. The van der Waals surface area contributed by atoms with Crippen LogP contribution in [0.4, 0.5) is 16.2 Å². The van der Waals surface area contributed by atoms with E-state index in [4.69, 9.17) is 10.00 Å². The molecule has 30 heavy (non-hydrogen) atoms. The number of fused-ring (bicyclic) bond motifs is 2. The van der Waals surface area contributed by atoms with Crippen molar-refractivity contribution in [2.75, 3.05) is 16.8 Å². The average Bonchev–Trinajstić information content (AvgIpc) is 3.27. The van der Waals surface area contributed by atoms with Crippen LogP contribution in [0.3, 0.4) is 0 Å². The Morgan fingerprint density at radius 2 is 2.03 bits per heavy atom. The van der Waals surface area contributed by atoms with E-state index in [1.165, 1.54) is 16.2 Å². The van der Waals surface area contributed by atoms with Crippen LogP contribution in [-0.2, 0) is 9.53 Å². The molecule has 2 amide bonds. The third-order valence-corrected chi connectivity index (χ3v) is 5.57. The van der Waals surface area contributed by atoms with E-state index in [1.54, 1.807) is 18.2 Å². The van der Waals surface area contributed by atoms with E-state index in [9.17, 15) is 9.59 Å². The number of anilines is 2. The summed E-state index contributed by atoms with van der Waals surface area (Å²) >= 11 is 1.28. The Hall–Kier alpha value is -3.44. The molecule has 1 aliphatic heterocycles. The van der Waals surface area contributed by atoms with Gasteiger partial charge in [0.1, 0.15) is 11.7 Å². The Labute approximate surface area is 177 Å². The lowest BCUT2D eigenvalue weighted by Gasteiger charge is -2.25. The number of nitrogens with one attached hydrogen (secondary N) is 1. The monoisotopic (exact) mass is 420 g/mol. The van der Waals surface area contributed by atoms with E-state index in [-0.39, 0.29) is 12.5 Å². The van der Waals surface area contributed by atoms with Crippen LogP contribution in [0, 0.1) is 11.3 Å². The van der Waals surface area contributed by atoms with Gasteiger partial charge in [-0.1, -0.05) is 18.2 Å². The van der Waals surface area contributed by atoms with Gasteiger partial charge in [0.2, 0.25) is 5.91 Å². The molecule has 0 saturated carbocycles. The number of nitriles is 1. The number of thiazole rings is 1. The molecule has 152 valence electrons. The third kappa shape index (κ3) is 3.84. The van der Waals surface area contributed by atoms with Gasteiger partial charge < -0.3 is 10.1 Å². The fraction of sp³-hybridized carbons (Fsp3) is 0.273. The number of nitrogens with zero attached hydrogens (tertiary/aromatic N) is 3. The SMILES string of the molecule is CC(C)(C)OC(=O)N1CC(C(=O)Nc2ccc3nc(C#N)sc3c2)c2ccccc21. The summed E-state index contributed by atoms with van der Waals surface area (Å²) in [6.45, 7) is 5.64. The van der Waals surface area contributed by atoms with Gasteiger partial charge in [-0.2, -0.15) is 5.26 Å². The van der Waals surface area contributed by atoms with Crippen molar-refractivity contribution in [1.82, 2.24) is 4.98 Å². The topological polar surface area (TPSA) is 95.3 Å². The first kappa shape index (κ1) is 19.9. The second-order valence-electron chi connectivity index (χ2n) is 8.00. The highest BCUT2D eigenvalue weighted by Gasteiger charge is 2.38. The molecule has 0 fully saturated rings. The van der Waals surface area contributed by atoms with Gasteiger partial charge in [-0.3, -0.25) is 9.69 Å². The molecule has 3 aromatic rings. The Bertz CT molecular complexity index is 1190. The summed E-state index contributed by atoms with van der Waals surface area (Å²) < 4.78 is 6.33. The smallest absolute Gasteiger partial charge is 0.414 e. The van der Waals surface area contributed by atoms with E-state index < -0.39 is 17.6 Å². The summed E-state index contributed by atoms with van der Waals surface area (Å²) in [4.78, 5) is 31.5. The van der Waals surface area contributed by atoms with Gasteiger partial charge in [-0.15, -0.1) is 11.3 Å². The maximum absolute atomic E-state index is 13.1. The Kier molecular flexibility index (Phi) is 4.92. The van der Waals surface area contributed by atoms with Crippen LogP contribution in [0.25, 0.3) is 10.2 Å². The number of hydrogen-bond donors (Lipinski definition) is 1. The largest absolute Gasteiger partial charge is 0.443 e. The molecule has 7 nitrogen and oxygen atoms in total. The number of hydrogen-bond acceptors (Lipinski definition) is 6. The van der Waals surface area contributed by atoms with Crippen molar-refractivity contribution >= 4 is 44.9 Å². The first-order valence-electron chi connectivity index (χ1n) is 9.46. The molecule has 1 aromatic heterocycles. The van der Waals surface area contributed by atoms with Gasteiger partial charge in [0.15, 0.2) is 5.01 Å². The lowest BCUT2D eigenvalue weighted by Crippen LogP contribution is -2.37. The number of ether oxygens (including phenoxy) is 1. The molecule has 1 N–H and O–H groups in total. The molecule has 0 aliphatic carbocycles. The molecule has 1 atom stereocenters. The van der Waals surface area contributed by atoms with Crippen molar-refractivity contribution in [2.24, 2.45) is 0 Å². The predicted octanol–water partition coefficient (Wildman–Crippen LogP) is 4.65. The summed E-state index contributed by atoms with van der Waals surface area (Å²) in [5, 5.41) is 12.3. The number of rotatable bonds is 2. The minimum Gasteiger partial charge on any atom is -0.443 e. The highest BCUT2D eigenvalue weighted by Crippen LogP contribution is 2.38. The van der Waals surface area contributed by atoms with E-state index in [0.717, 1.165) is 15.8 Å². The van der Waals surface area contributed by atoms with Crippen molar-refractivity contribution in [3.8, 4) is 6.07 Å². The Balaban J connectivity index is 1.57. The minimum atomic E-state index is -0.626. The van der Waals surface area contributed by atoms with Gasteiger partial charge in [0.05, 0.1) is 21.8 Å². The van der Waals surface area contributed by atoms with Crippen LogP contribution in [0.1, 0.15) is 37.3 Å². The van der Waals surface area contributed by atoms with Gasteiger partial charge in [0.25, 0.3) is 0 Å². The molecule has 8 heteroatoms. The van der Waals surface area contributed by atoms with Crippen molar-refractivity contribution in [1.29, 1.82) is 5.26 Å². The summed E-state index contributed by atoms with van der Waals surface area (Å²) in [7, 11) is 0. The van der Waals surface area contributed by atoms with E-state index in [0.29, 0.717) is 16.4 Å². The fourth-order valence-electron chi connectivity index (χ4n) is 3.40. The Morgan fingerprint density at radius 1 is 1.27 bits per heavy atom. The van der Waals surface area contributed by atoms with E-state index in [2.05, 4.69) is 10.3 Å². The Morgan fingerprint density at radius 3 is 2.77 bits per heavy atom. The number of amides is 2. The van der Waals surface area contributed by atoms with Crippen LogP contribution in [0.5, 0.6) is 0 Å². The summed E-state index contributed by atoms with van der Waals surface area (Å²) in [5.41, 5.74) is 2.18. The van der Waals surface area contributed by atoms with Crippen LogP contribution in [-0.4, -0.2) is 29.1 Å². The molecule has 1 aliphatic rings. The van der Waals surface area contributed by atoms with Crippen LogP contribution in [0.15, 0.2) is 42.5 Å². The quantitative estimate of drug-likeness (QED) is 0.651. The highest BCUT2D eigenvalue weighted by atomic mass is 32.1. The second kappa shape index (κ2) is 7.43. The van der Waals surface area contributed by atoms with Gasteiger partial charge in [-0.05, 0) is 50.6 Å². The molecular weight excluding hydrogens is 400 g/mol. The summed E-state index contributed by atoms with van der Waals surface area (Å²) in [6.07, 6.45) is -0.472. The summed E-state index contributed by atoms with van der Waals surface area (Å²) in [5.74, 6) is -0.724. The number of carbonyl (C=O) groups excluding carboxylic acids is 2. The zero-order valence-corrected chi connectivity index (χ0v) is 17.6. The normalized spacial score (nSPS) is 15.5. The van der Waals surface area contributed by atoms with E-state index >= 15 is 0 Å². The molecule has 1 unspecified atom stereocenters. The number of aromatic nitrogens is 1. The molecule has 0 bridgehead atoms. The van der Waals surface area contributed by atoms with E-state index in [1.807, 2.05) is 51.1 Å². The van der Waals surface area contributed by atoms with Crippen LogP contribution < -0.4 is 10.2 Å². The number of benzene rings is 2. The summed E-state index contributed by atoms with van der Waals surface area (Å²) in [6, 6.07) is 14.7. The standard InChI is InChI=1S/C22H20N4O3S/c1-22(2,3)29-21(28)26-12-15(14-6-4-5-7-17(14)26)20(27)24-13-8-9-16-18(10-13)30-19(11-23)25-16/h4-10,15H,12H2,1-3H3,(H,24,27). The number of para-hydroxylation sites is 1. The van der Waals surface area contributed by atoms with Gasteiger partial charge in [-0.25, -0.2) is 9.78 Å². The molecule has 0 spiro atoms. The first-order chi connectivity index (χ1) is 14.2. The molecule has 0 saturated heterocycles. The van der Waals surface area contributed by atoms with Crippen molar-refractivity contribution < 1.29 is 14.3 Å². The lowest BCUT2D eigenvalue weighted by atomic mass is 10.0. The van der Waals surface area contributed by atoms with Crippen molar-refractivity contribution in [2.45, 2.75) is 32.3 Å². The predicted molar refractivity (Wildman–Crippen MR) is 116 cm³/mol. The highest BCUT2D eigenvalue weighted by molar-refractivity contribution is 7.19. The zero-order chi connectivity index (χ0) is 21.5. The van der Waals surface area contributed by atoms with Crippen LogP contribution in [0.2, 0.25) is 0 Å². The second-order valence-corrected chi connectivity index (χ2v) is 9.04. The van der Waals surface area contributed by atoms with Gasteiger partial charge >= 0.3 is 6.09 Å². The maximum Gasteiger partial charge on any atom is 0.414 e. The average molecular weight is 420 g/mol. The van der Waals surface area contributed by atoms with Crippen molar-refractivity contribution in [3.63, 3.8) is 0 Å². The third-order valence-electron chi connectivity index (χ3n) is 4.65. The molecule has 2 aromatic carbocycles. The van der Waals surface area contributed by atoms with Crippen LogP contribution >= 0.6 is 11.3 Å². The molecule has 4 rings (SSSR count). The zero-order valence-electron chi connectivity index (χ0n) is 16.8. The maximum atomic E-state index is 13.1. The molecule has 2 heterocycles. The molecular formula is C22H20N4O3S. The molecule has 0 radical (unpaired) electrons.